The van der Waals surface area contributed by atoms with Crippen LogP contribution in [0.3, 0.4) is 0 Å². The van der Waals surface area contributed by atoms with Crippen molar-refractivity contribution in [2.75, 3.05) is 13.2 Å². The maximum absolute atomic E-state index is 13.2. The molecule has 0 aliphatic carbocycles. The van der Waals surface area contributed by atoms with Crippen molar-refractivity contribution in [3.63, 3.8) is 0 Å². The largest absolute Gasteiger partial charge is 0.394 e. The zero-order chi connectivity index (χ0) is 64.9. The van der Waals surface area contributed by atoms with Gasteiger partial charge in [-0.1, -0.05) is 390 Å². The molecule has 9 nitrogen and oxygen atoms in total. The number of rotatable bonds is 71. The van der Waals surface area contributed by atoms with Crippen LogP contribution in [0.25, 0.3) is 0 Å². The Kier molecular flexibility index (Phi) is 67.0. The second-order valence-corrected chi connectivity index (χ2v) is 27.9. The van der Waals surface area contributed by atoms with Crippen LogP contribution in [0.2, 0.25) is 0 Å². The van der Waals surface area contributed by atoms with Crippen LogP contribution in [-0.4, -0.2) is 87.5 Å². The van der Waals surface area contributed by atoms with Gasteiger partial charge >= 0.3 is 0 Å². The molecule has 1 aliphatic heterocycles. The zero-order valence-corrected chi connectivity index (χ0v) is 59.7. The Morgan fingerprint density at radius 2 is 0.656 bits per heavy atom. The highest BCUT2D eigenvalue weighted by molar-refractivity contribution is 5.76. The topological polar surface area (TPSA) is 149 Å². The van der Waals surface area contributed by atoms with Gasteiger partial charge in [0.2, 0.25) is 5.91 Å². The van der Waals surface area contributed by atoms with Crippen LogP contribution >= 0.6 is 0 Å². The summed E-state index contributed by atoms with van der Waals surface area (Å²) in [5, 5.41) is 54.9. The van der Waals surface area contributed by atoms with Crippen molar-refractivity contribution in [1.29, 1.82) is 0 Å². The van der Waals surface area contributed by atoms with Gasteiger partial charge in [0.15, 0.2) is 6.29 Å². The highest BCUT2D eigenvalue weighted by atomic mass is 16.7. The van der Waals surface area contributed by atoms with Gasteiger partial charge in [-0.15, -0.1) is 0 Å². The highest BCUT2D eigenvalue weighted by Crippen LogP contribution is 2.24. The monoisotopic (exact) mass is 1270 g/mol. The number of hydrogen-bond acceptors (Lipinski definition) is 8. The Morgan fingerprint density at radius 3 is 0.967 bits per heavy atom. The van der Waals surface area contributed by atoms with E-state index in [1.54, 1.807) is 6.08 Å². The number of ether oxygens (including phenoxy) is 2. The molecular weight excluding hydrogens is 1110 g/mol. The van der Waals surface area contributed by atoms with Crippen LogP contribution in [0, 0.1) is 0 Å². The molecule has 9 heteroatoms. The summed E-state index contributed by atoms with van der Waals surface area (Å²) in [5.41, 5.74) is 0. The molecule has 1 rings (SSSR count). The first-order chi connectivity index (χ1) is 44.3. The molecule has 1 saturated heterocycles. The van der Waals surface area contributed by atoms with Gasteiger partial charge in [0.05, 0.1) is 25.4 Å². The number of hydrogen-bond donors (Lipinski definition) is 6. The second kappa shape index (κ2) is 70.0. The molecule has 0 bridgehead atoms. The number of aliphatic hydroxyl groups excluding tert-OH is 5. The number of allylic oxidation sites excluding steroid dienone is 7. The molecule has 90 heavy (non-hydrogen) atoms. The number of aliphatic hydroxyl groups is 5. The molecule has 1 heterocycles. The molecule has 0 aromatic heterocycles. The first-order valence-electron chi connectivity index (χ1n) is 39.9. The summed E-state index contributed by atoms with van der Waals surface area (Å²) >= 11 is 0. The van der Waals surface area contributed by atoms with Crippen molar-refractivity contribution in [2.45, 2.75) is 448 Å². The lowest BCUT2D eigenvalue weighted by molar-refractivity contribution is -0.302. The van der Waals surface area contributed by atoms with Gasteiger partial charge in [-0.05, 0) is 57.8 Å². The fraction of sp³-hybridized carbons (Fsp3) is 0.889. The van der Waals surface area contributed by atoms with Gasteiger partial charge in [0, 0.05) is 6.42 Å². The maximum Gasteiger partial charge on any atom is 0.220 e. The minimum absolute atomic E-state index is 0.168. The lowest BCUT2D eigenvalue weighted by atomic mass is 9.99. The van der Waals surface area contributed by atoms with Crippen molar-refractivity contribution in [3.05, 3.63) is 48.6 Å². The fourth-order valence-electron chi connectivity index (χ4n) is 12.9. The van der Waals surface area contributed by atoms with Crippen LogP contribution < -0.4 is 5.32 Å². The van der Waals surface area contributed by atoms with E-state index in [4.69, 9.17) is 9.47 Å². The molecule has 0 radical (unpaired) electrons. The SMILES string of the molecule is CCCCCCC/C=C\C/C=C\C/C=C\CCCCCCCCCCCCCCCCCCCCCCCCCCC(=O)NC(COC1OC(CO)C(O)C(O)C1O)C(O)/C=C/CCCCCCCCCCCCCCCCCCCCCCCCCCCC. The smallest absolute Gasteiger partial charge is 0.220 e. The van der Waals surface area contributed by atoms with Crippen molar-refractivity contribution < 1.29 is 39.8 Å². The van der Waals surface area contributed by atoms with E-state index >= 15 is 0 Å². The number of nitrogens with one attached hydrogen (secondary N) is 1. The second-order valence-electron chi connectivity index (χ2n) is 27.9. The molecule has 1 fully saturated rings. The Balaban J connectivity index is 2.05. The molecule has 1 amide bonds. The number of amides is 1. The standard InChI is InChI=1S/C81H153NO8/c1-3-5-7-9-11-13-15-17-19-21-23-25-27-29-31-33-34-35-36-37-38-39-40-41-42-43-45-47-49-51-53-55-57-59-61-63-65-67-69-71-77(85)82-74(73-89-81-80(88)79(87)78(86)76(72-83)90-81)75(84)70-68-66-64-62-60-58-56-54-52-50-48-46-44-32-30-28-26-24-22-20-18-16-14-12-10-8-6-4-2/h15,17,21,23,27,29,68,70,74-76,78-81,83-84,86-88H,3-14,16,18-20,22,24-26,28,30-67,69,71-73H2,1-2H3,(H,82,85)/b17-15-,23-21-,29-27-,70-68+. The predicted molar refractivity (Wildman–Crippen MR) is 387 cm³/mol. The summed E-state index contributed by atoms with van der Waals surface area (Å²) in [4.78, 5) is 13.2. The van der Waals surface area contributed by atoms with Gasteiger partial charge in [-0.2, -0.15) is 0 Å². The van der Waals surface area contributed by atoms with Gasteiger partial charge in [0.25, 0.3) is 0 Å². The van der Waals surface area contributed by atoms with Crippen molar-refractivity contribution in [1.82, 2.24) is 5.32 Å². The lowest BCUT2D eigenvalue weighted by Gasteiger charge is -2.40. The lowest BCUT2D eigenvalue weighted by Crippen LogP contribution is -2.60. The Hall–Kier alpha value is -1.85. The molecule has 0 aromatic carbocycles. The molecular formula is C81H153NO8. The number of carbonyl (C=O) groups excluding carboxylic acids is 1. The van der Waals surface area contributed by atoms with Crippen LogP contribution in [0.15, 0.2) is 48.6 Å². The van der Waals surface area contributed by atoms with E-state index in [1.807, 2.05) is 6.08 Å². The number of carbonyl (C=O) groups is 1. The summed E-state index contributed by atoms with van der Waals surface area (Å²) < 4.78 is 11.3. The molecule has 7 atom stereocenters. The van der Waals surface area contributed by atoms with E-state index in [9.17, 15) is 30.3 Å². The fourth-order valence-corrected chi connectivity index (χ4v) is 12.9. The van der Waals surface area contributed by atoms with E-state index in [-0.39, 0.29) is 12.5 Å². The summed E-state index contributed by atoms with van der Waals surface area (Å²) in [6.07, 6.45) is 89.7. The van der Waals surface area contributed by atoms with Crippen molar-refractivity contribution in [2.24, 2.45) is 0 Å². The maximum atomic E-state index is 13.2. The average Bonchev–Trinajstić information content (AvgIpc) is 2.75. The third-order valence-electron chi connectivity index (χ3n) is 19.1. The first-order valence-corrected chi connectivity index (χ1v) is 39.9. The normalized spacial score (nSPS) is 18.0. The summed E-state index contributed by atoms with van der Waals surface area (Å²) in [5.74, 6) is -0.168. The molecule has 6 N–H and O–H groups in total. The van der Waals surface area contributed by atoms with Crippen LogP contribution in [0.5, 0.6) is 0 Å². The molecule has 7 unspecified atom stereocenters. The zero-order valence-electron chi connectivity index (χ0n) is 59.7. The van der Waals surface area contributed by atoms with Gasteiger partial charge in [0.1, 0.15) is 24.4 Å². The van der Waals surface area contributed by atoms with E-state index in [2.05, 4.69) is 55.6 Å². The van der Waals surface area contributed by atoms with Crippen molar-refractivity contribution >= 4 is 5.91 Å². The van der Waals surface area contributed by atoms with Gasteiger partial charge < -0.3 is 40.3 Å². The molecule has 1 aliphatic rings. The van der Waals surface area contributed by atoms with E-state index in [0.717, 1.165) is 51.4 Å². The number of unbranched alkanes of at least 4 members (excludes halogenated alkanes) is 55. The van der Waals surface area contributed by atoms with Crippen molar-refractivity contribution in [3.8, 4) is 0 Å². The van der Waals surface area contributed by atoms with Crippen LogP contribution in [-0.2, 0) is 14.3 Å². The quantitative estimate of drug-likeness (QED) is 0.0261. The first kappa shape index (κ1) is 86.2. The van der Waals surface area contributed by atoms with E-state index < -0.39 is 49.5 Å². The molecule has 0 spiro atoms. The summed E-state index contributed by atoms with van der Waals surface area (Å²) in [6.45, 7) is 3.83. The van der Waals surface area contributed by atoms with Crippen LogP contribution in [0.1, 0.15) is 406 Å². The molecule has 0 aromatic rings. The Morgan fingerprint density at radius 1 is 0.378 bits per heavy atom. The predicted octanol–water partition coefficient (Wildman–Crippen LogP) is 22.7. The third-order valence-corrected chi connectivity index (χ3v) is 19.1. The Labute approximate surface area is 558 Å². The summed E-state index contributed by atoms with van der Waals surface area (Å²) in [6, 6.07) is -0.806. The highest BCUT2D eigenvalue weighted by Gasteiger charge is 2.44. The minimum atomic E-state index is -1.57. The Bertz CT molecular complexity index is 1570. The van der Waals surface area contributed by atoms with Crippen LogP contribution in [0.4, 0.5) is 0 Å². The average molecular weight is 1270 g/mol. The third kappa shape index (κ3) is 57.6. The summed E-state index contributed by atoms with van der Waals surface area (Å²) in [7, 11) is 0. The molecule has 530 valence electrons. The molecule has 0 saturated carbocycles. The van der Waals surface area contributed by atoms with E-state index in [0.29, 0.717) is 6.42 Å². The van der Waals surface area contributed by atoms with Gasteiger partial charge in [-0.3, -0.25) is 4.79 Å². The minimum Gasteiger partial charge on any atom is -0.394 e. The van der Waals surface area contributed by atoms with E-state index in [1.165, 1.54) is 334 Å². The van der Waals surface area contributed by atoms with Gasteiger partial charge in [-0.25, -0.2) is 0 Å².